The topological polar surface area (TPSA) is 63.0 Å². The summed E-state index contributed by atoms with van der Waals surface area (Å²) in [5.74, 6) is 0.808. The van der Waals surface area contributed by atoms with Crippen molar-refractivity contribution >= 4 is 11.6 Å². The Morgan fingerprint density at radius 3 is 3.00 bits per heavy atom. The van der Waals surface area contributed by atoms with Crippen LogP contribution >= 0.6 is 0 Å². The van der Waals surface area contributed by atoms with Gasteiger partial charge < -0.3 is 19.8 Å². The van der Waals surface area contributed by atoms with Crippen molar-refractivity contribution in [3.8, 4) is 0 Å². The molecule has 1 fully saturated rings. The Balaban J connectivity index is 1.67. The van der Waals surface area contributed by atoms with Gasteiger partial charge in [-0.05, 0) is 45.7 Å². The predicted molar refractivity (Wildman–Crippen MR) is 96.3 cm³/mol. The highest BCUT2D eigenvalue weighted by molar-refractivity contribution is 5.79. The molecule has 0 aliphatic carbocycles. The van der Waals surface area contributed by atoms with Crippen molar-refractivity contribution in [2.45, 2.75) is 45.8 Å². The van der Waals surface area contributed by atoms with Crippen LogP contribution in [-0.4, -0.2) is 40.6 Å². The number of guanidine groups is 1. The Bertz CT molecular complexity index is 715. The van der Waals surface area contributed by atoms with Crippen LogP contribution in [0.15, 0.2) is 29.4 Å². The normalized spacial score (nSPS) is 21.4. The average molecular weight is 329 g/mol. The summed E-state index contributed by atoms with van der Waals surface area (Å²) in [4.78, 5) is 9.30. The fourth-order valence-corrected chi connectivity index (χ4v) is 3.02. The first kappa shape index (κ1) is 16.8. The van der Waals surface area contributed by atoms with Crippen LogP contribution in [0.4, 0.5) is 0 Å². The Kier molecular flexibility index (Phi) is 5.04. The molecule has 0 aromatic carbocycles. The monoisotopic (exact) mass is 329 g/mol. The number of aromatic nitrogens is 2. The van der Waals surface area contributed by atoms with Crippen molar-refractivity contribution in [1.29, 1.82) is 0 Å². The van der Waals surface area contributed by atoms with Crippen molar-refractivity contribution < 1.29 is 4.74 Å². The molecule has 2 N–H and O–H groups in total. The molecule has 1 atom stereocenters. The van der Waals surface area contributed by atoms with E-state index in [1.165, 1.54) is 5.69 Å². The molecule has 1 saturated heterocycles. The van der Waals surface area contributed by atoms with Crippen molar-refractivity contribution in [3.63, 3.8) is 0 Å². The zero-order chi connectivity index (χ0) is 17.0. The average Bonchev–Trinajstić information content (AvgIpc) is 3.18. The highest BCUT2D eigenvalue weighted by Crippen LogP contribution is 2.23. The molecule has 2 aromatic rings. The highest BCUT2D eigenvalue weighted by Gasteiger charge is 2.29. The third-order valence-corrected chi connectivity index (χ3v) is 4.42. The van der Waals surface area contributed by atoms with Crippen molar-refractivity contribution in [2.24, 2.45) is 4.99 Å². The maximum absolute atomic E-state index is 5.82. The standard InChI is InChI=1S/C18H27N5O/c1-4-19-17(21-13-18(3)9-6-10-24-18)20-11-15-12-23-14(2)7-5-8-16(23)22-15/h5,7-8,12H,4,6,9-11,13H2,1-3H3,(H2,19,20,21). The van der Waals surface area contributed by atoms with Crippen LogP contribution < -0.4 is 10.6 Å². The first-order chi connectivity index (χ1) is 11.6. The Morgan fingerprint density at radius 2 is 2.29 bits per heavy atom. The summed E-state index contributed by atoms with van der Waals surface area (Å²) in [5, 5.41) is 6.69. The Hall–Kier alpha value is -2.08. The zero-order valence-electron chi connectivity index (χ0n) is 14.8. The van der Waals surface area contributed by atoms with Gasteiger partial charge in [-0.25, -0.2) is 9.98 Å². The SMILES string of the molecule is CCNC(=NCc1cn2c(C)cccc2n1)NCC1(C)CCCO1. The molecule has 0 saturated carbocycles. The van der Waals surface area contributed by atoms with Crippen LogP contribution in [-0.2, 0) is 11.3 Å². The smallest absolute Gasteiger partial charge is 0.191 e. The fourth-order valence-electron chi connectivity index (χ4n) is 3.02. The van der Waals surface area contributed by atoms with E-state index in [2.05, 4.69) is 58.0 Å². The third-order valence-electron chi connectivity index (χ3n) is 4.42. The van der Waals surface area contributed by atoms with Crippen LogP contribution in [0.1, 0.15) is 38.1 Å². The van der Waals surface area contributed by atoms with E-state index in [-0.39, 0.29) is 5.60 Å². The molecular formula is C18H27N5O. The van der Waals surface area contributed by atoms with E-state index >= 15 is 0 Å². The van der Waals surface area contributed by atoms with E-state index < -0.39 is 0 Å². The van der Waals surface area contributed by atoms with Gasteiger partial charge >= 0.3 is 0 Å². The molecular weight excluding hydrogens is 302 g/mol. The van der Waals surface area contributed by atoms with Crippen LogP contribution in [0, 0.1) is 6.92 Å². The highest BCUT2D eigenvalue weighted by atomic mass is 16.5. The predicted octanol–water partition coefficient (Wildman–Crippen LogP) is 2.27. The summed E-state index contributed by atoms with van der Waals surface area (Å²) in [6, 6.07) is 6.12. The van der Waals surface area contributed by atoms with Crippen LogP contribution in [0.2, 0.25) is 0 Å². The molecule has 0 amide bonds. The maximum Gasteiger partial charge on any atom is 0.191 e. The van der Waals surface area contributed by atoms with Gasteiger partial charge in [0.1, 0.15) is 5.65 Å². The molecule has 6 nitrogen and oxygen atoms in total. The van der Waals surface area contributed by atoms with Gasteiger partial charge in [0.25, 0.3) is 0 Å². The number of rotatable bonds is 5. The molecule has 24 heavy (non-hydrogen) atoms. The van der Waals surface area contributed by atoms with Crippen LogP contribution in [0.3, 0.4) is 0 Å². The first-order valence-corrected chi connectivity index (χ1v) is 8.69. The van der Waals surface area contributed by atoms with E-state index in [1.807, 2.05) is 12.1 Å². The largest absolute Gasteiger partial charge is 0.373 e. The van der Waals surface area contributed by atoms with Crippen molar-refractivity contribution in [3.05, 3.63) is 35.8 Å². The number of ether oxygens (including phenoxy) is 1. The summed E-state index contributed by atoms with van der Waals surface area (Å²) in [6.07, 6.45) is 4.27. The molecule has 6 heteroatoms. The minimum absolute atomic E-state index is 0.0869. The lowest BCUT2D eigenvalue weighted by molar-refractivity contribution is 0.0243. The Labute approximate surface area is 143 Å². The molecule has 0 spiro atoms. The lowest BCUT2D eigenvalue weighted by Gasteiger charge is -2.24. The minimum Gasteiger partial charge on any atom is -0.373 e. The molecule has 2 aromatic heterocycles. The van der Waals surface area contributed by atoms with Gasteiger partial charge in [-0.3, -0.25) is 0 Å². The second kappa shape index (κ2) is 7.21. The molecule has 3 rings (SSSR count). The first-order valence-electron chi connectivity index (χ1n) is 8.69. The van der Waals surface area contributed by atoms with E-state index in [4.69, 9.17) is 4.74 Å². The number of pyridine rings is 1. The number of hydrogen-bond acceptors (Lipinski definition) is 3. The van der Waals surface area contributed by atoms with Gasteiger partial charge in [0.05, 0.1) is 17.8 Å². The summed E-state index contributed by atoms with van der Waals surface area (Å²) >= 11 is 0. The van der Waals surface area contributed by atoms with Gasteiger partial charge in [-0.2, -0.15) is 0 Å². The summed E-state index contributed by atoms with van der Waals surface area (Å²) in [5.41, 5.74) is 3.01. The Morgan fingerprint density at radius 1 is 1.42 bits per heavy atom. The molecule has 1 aliphatic rings. The van der Waals surface area contributed by atoms with Gasteiger partial charge in [0, 0.05) is 31.6 Å². The quantitative estimate of drug-likeness (QED) is 0.652. The third kappa shape index (κ3) is 3.87. The van der Waals surface area contributed by atoms with E-state index in [0.29, 0.717) is 6.54 Å². The van der Waals surface area contributed by atoms with Gasteiger partial charge in [0.2, 0.25) is 0 Å². The second-order valence-corrected chi connectivity index (χ2v) is 6.58. The van der Waals surface area contributed by atoms with E-state index in [0.717, 1.165) is 49.8 Å². The fraction of sp³-hybridized carbons (Fsp3) is 0.556. The van der Waals surface area contributed by atoms with Crippen molar-refractivity contribution in [2.75, 3.05) is 19.7 Å². The number of aryl methyl sites for hydroxylation is 1. The maximum atomic E-state index is 5.82. The molecule has 1 aliphatic heterocycles. The minimum atomic E-state index is -0.0869. The number of fused-ring (bicyclic) bond motifs is 1. The lowest BCUT2D eigenvalue weighted by atomic mass is 10.0. The molecule has 130 valence electrons. The van der Waals surface area contributed by atoms with Crippen LogP contribution in [0.5, 0.6) is 0 Å². The molecule has 0 radical (unpaired) electrons. The molecule has 1 unspecified atom stereocenters. The van der Waals surface area contributed by atoms with Gasteiger partial charge in [-0.1, -0.05) is 6.07 Å². The summed E-state index contributed by atoms with van der Waals surface area (Å²) < 4.78 is 7.92. The zero-order valence-corrected chi connectivity index (χ0v) is 14.8. The number of imidazole rings is 1. The van der Waals surface area contributed by atoms with Crippen molar-refractivity contribution in [1.82, 2.24) is 20.0 Å². The number of nitrogens with one attached hydrogen (secondary N) is 2. The summed E-state index contributed by atoms with van der Waals surface area (Å²) in [7, 11) is 0. The molecule has 3 heterocycles. The van der Waals surface area contributed by atoms with E-state index in [1.54, 1.807) is 0 Å². The number of hydrogen-bond donors (Lipinski definition) is 2. The van der Waals surface area contributed by atoms with Gasteiger partial charge in [0.15, 0.2) is 5.96 Å². The molecule has 0 bridgehead atoms. The second-order valence-electron chi connectivity index (χ2n) is 6.58. The number of aliphatic imine (C=N–C) groups is 1. The van der Waals surface area contributed by atoms with E-state index in [9.17, 15) is 0 Å². The van der Waals surface area contributed by atoms with Gasteiger partial charge in [-0.15, -0.1) is 0 Å². The number of nitrogens with zero attached hydrogens (tertiary/aromatic N) is 3. The summed E-state index contributed by atoms with van der Waals surface area (Å²) in [6.45, 7) is 9.30. The lowest BCUT2D eigenvalue weighted by Crippen LogP contribution is -2.45. The van der Waals surface area contributed by atoms with Crippen LogP contribution in [0.25, 0.3) is 5.65 Å².